The molecule has 0 bridgehead atoms. The fourth-order valence-electron chi connectivity index (χ4n) is 1.95. The molecule has 0 aromatic heterocycles. The standard InChI is InChI=1S/C17H24N2O3/c1-4-16(20)18-12-6-7-17(21)19-13(3)14-8-10-15(11-9-14)22-5-2/h4,8-11,13H,1,5-7,12H2,2-3H3,(H,18,20)(H,19,21). The maximum absolute atomic E-state index is 11.8. The third kappa shape index (κ3) is 6.43. The van der Waals surface area contributed by atoms with Crippen LogP contribution in [0, 0.1) is 0 Å². The largest absolute Gasteiger partial charge is 0.494 e. The average molecular weight is 304 g/mol. The van der Waals surface area contributed by atoms with E-state index in [9.17, 15) is 9.59 Å². The molecule has 5 heteroatoms. The van der Waals surface area contributed by atoms with Crippen molar-refractivity contribution in [2.45, 2.75) is 32.7 Å². The van der Waals surface area contributed by atoms with Gasteiger partial charge in [-0.15, -0.1) is 0 Å². The molecule has 1 unspecified atom stereocenters. The Hall–Kier alpha value is -2.30. The van der Waals surface area contributed by atoms with Crippen LogP contribution in [0.1, 0.15) is 38.3 Å². The summed E-state index contributed by atoms with van der Waals surface area (Å²) in [7, 11) is 0. The van der Waals surface area contributed by atoms with Crippen LogP contribution in [0.4, 0.5) is 0 Å². The van der Waals surface area contributed by atoms with Crippen LogP contribution in [-0.2, 0) is 9.59 Å². The highest BCUT2D eigenvalue weighted by Gasteiger charge is 2.09. The number of rotatable bonds is 9. The van der Waals surface area contributed by atoms with Crippen LogP contribution >= 0.6 is 0 Å². The Kier molecular flexibility index (Phi) is 7.75. The van der Waals surface area contributed by atoms with Crippen molar-refractivity contribution in [1.82, 2.24) is 10.6 Å². The molecular weight excluding hydrogens is 280 g/mol. The smallest absolute Gasteiger partial charge is 0.243 e. The van der Waals surface area contributed by atoms with E-state index in [0.717, 1.165) is 11.3 Å². The van der Waals surface area contributed by atoms with Crippen LogP contribution in [0.2, 0.25) is 0 Å². The maximum Gasteiger partial charge on any atom is 0.243 e. The van der Waals surface area contributed by atoms with Gasteiger partial charge in [0.15, 0.2) is 0 Å². The molecule has 0 saturated carbocycles. The van der Waals surface area contributed by atoms with Gasteiger partial charge in [-0.25, -0.2) is 0 Å². The summed E-state index contributed by atoms with van der Waals surface area (Å²) in [4.78, 5) is 22.8. The summed E-state index contributed by atoms with van der Waals surface area (Å²) < 4.78 is 5.39. The summed E-state index contributed by atoms with van der Waals surface area (Å²) in [6.07, 6.45) is 2.19. The number of carbonyl (C=O) groups excluding carboxylic acids is 2. The zero-order valence-electron chi connectivity index (χ0n) is 13.2. The molecule has 0 aliphatic rings. The lowest BCUT2D eigenvalue weighted by atomic mass is 10.1. The SMILES string of the molecule is C=CC(=O)NCCCC(=O)NC(C)c1ccc(OCC)cc1. The lowest BCUT2D eigenvalue weighted by Gasteiger charge is -2.15. The second-order valence-electron chi connectivity index (χ2n) is 4.89. The molecule has 2 N–H and O–H groups in total. The first-order valence-electron chi connectivity index (χ1n) is 7.49. The van der Waals surface area contributed by atoms with Gasteiger partial charge in [0.25, 0.3) is 0 Å². The van der Waals surface area contributed by atoms with Crippen LogP contribution in [0.15, 0.2) is 36.9 Å². The molecular formula is C17H24N2O3. The van der Waals surface area contributed by atoms with Crippen LogP contribution < -0.4 is 15.4 Å². The molecule has 1 rings (SSSR count). The van der Waals surface area contributed by atoms with Crippen molar-refractivity contribution < 1.29 is 14.3 Å². The van der Waals surface area contributed by atoms with Gasteiger partial charge in [-0.3, -0.25) is 9.59 Å². The summed E-state index contributed by atoms with van der Waals surface area (Å²) in [5.74, 6) is 0.570. The Labute approximate surface area is 131 Å². The highest BCUT2D eigenvalue weighted by molar-refractivity contribution is 5.86. The first-order chi connectivity index (χ1) is 10.6. The highest BCUT2D eigenvalue weighted by Crippen LogP contribution is 2.17. The minimum Gasteiger partial charge on any atom is -0.494 e. The molecule has 1 aromatic carbocycles. The molecule has 22 heavy (non-hydrogen) atoms. The summed E-state index contributed by atoms with van der Waals surface area (Å²) in [6.45, 7) is 8.34. The Morgan fingerprint density at radius 3 is 2.59 bits per heavy atom. The normalized spacial score (nSPS) is 11.4. The van der Waals surface area contributed by atoms with E-state index < -0.39 is 0 Å². The molecule has 1 aromatic rings. The quantitative estimate of drug-likeness (QED) is 0.543. The van der Waals surface area contributed by atoms with Gasteiger partial charge >= 0.3 is 0 Å². The zero-order valence-corrected chi connectivity index (χ0v) is 13.2. The van der Waals surface area contributed by atoms with Crippen molar-refractivity contribution in [3.05, 3.63) is 42.5 Å². The van der Waals surface area contributed by atoms with Gasteiger partial charge in [0.05, 0.1) is 12.6 Å². The predicted octanol–water partition coefficient (Wildman–Crippen LogP) is 2.34. The maximum atomic E-state index is 11.8. The van der Waals surface area contributed by atoms with E-state index in [1.165, 1.54) is 6.08 Å². The molecule has 1 atom stereocenters. The summed E-state index contributed by atoms with van der Waals surface area (Å²) >= 11 is 0. The summed E-state index contributed by atoms with van der Waals surface area (Å²) in [5.41, 5.74) is 1.02. The Morgan fingerprint density at radius 2 is 2.00 bits per heavy atom. The highest BCUT2D eigenvalue weighted by atomic mass is 16.5. The molecule has 5 nitrogen and oxygen atoms in total. The van der Waals surface area contributed by atoms with Gasteiger partial charge in [-0.05, 0) is 44.0 Å². The average Bonchev–Trinajstić information content (AvgIpc) is 2.52. The van der Waals surface area contributed by atoms with Crippen LogP contribution in [-0.4, -0.2) is 25.0 Å². The van der Waals surface area contributed by atoms with Gasteiger partial charge in [0.1, 0.15) is 5.75 Å². The number of carbonyl (C=O) groups is 2. The van der Waals surface area contributed by atoms with Crippen molar-refractivity contribution in [3.8, 4) is 5.75 Å². The van der Waals surface area contributed by atoms with Gasteiger partial charge < -0.3 is 15.4 Å². The van der Waals surface area contributed by atoms with E-state index in [4.69, 9.17) is 4.74 Å². The van der Waals surface area contributed by atoms with E-state index in [-0.39, 0.29) is 17.9 Å². The van der Waals surface area contributed by atoms with Crippen molar-refractivity contribution in [3.63, 3.8) is 0 Å². The van der Waals surface area contributed by atoms with E-state index in [1.54, 1.807) is 0 Å². The Morgan fingerprint density at radius 1 is 1.32 bits per heavy atom. The van der Waals surface area contributed by atoms with E-state index >= 15 is 0 Å². The van der Waals surface area contributed by atoms with Crippen molar-refractivity contribution >= 4 is 11.8 Å². The van der Waals surface area contributed by atoms with Crippen LogP contribution in [0.5, 0.6) is 5.75 Å². The topological polar surface area (TPSA) is 67.4 Å². The molecule has 0 aliphatic heterocycles. The van der Waals surface area contributed by atoms with Gasteiger partial charge in [-0.2, -0.15) is 0 Å². The van der Waals surface area contributed by atoms with Crippen LogP contribution in [0.3, 0.4) is 0 Å². The lowest BCUT2D eigenvalue weighted by Crippen LogP contribution is -2.28. The molecule has 0 fully saturated rings. The second-order valence-corrected chi connectivity index (χ2v) is 4.89. The van der Waals surface area contributed by atoms with Gasteiger partial charge in [-0.1, -0.05) is 18.7 Å². The molecule has 0 spiro atoms. The number of ether oxygens (including phenoxy) is 1. The fourth-order valence-corrected chi connectivity index (χ4v) is 1.95. The Balaban J connectivity index is 2.33. The van der Waals surface area contributed by atoms with E-state index in [1.807, 2.05) is 38.1 Å². The summed E-state index contributed by atoms with van der Waals surface area (Å²) in [5, 5.41) is 5.58. The number of benzene rings is 1. The molecule has 0 aliphatic carbocycles. The predicted molar refractivity (Wildman–Crippen MR) is 86.6 cm³/mol. The lowest BCUT2D eigenvalue weighted by molar-refractivity contribution is -0.122. The fraction of sp³-hybridized carbons (Fsp3) is 0.412. The van der Waals surface area contributed by atoms with Crippen molar-refractivity contribution in [2.24, 2.45) is 0 Å². The minimum absolute atomic E-state index is 0.0331. The van der Waals surface area contributed by atoms with Crippen LogP contribution in [0.25, 0.3) is 0 Å². The number of hydrogen-bond donors (Lipinski definition) is 2. The first kappa shape index (κ1) is 17.8. The Bertz CT molecular complexity index is 497. The van der Waals surface area contributed by atoms with Gasteiger partial charge in [0, 0.05) is 13.0 Å². The minimum atomic E-state index is -0.219. The second kappa shape index (κ2) is 9.60. The molecule has 2 amide bonds. The van der Waals surface area contributed by atoms with Gasteiger partial charge in [0.2, 0.25) is 11.8 Å². The summed E-state index contributed by atoms with van der Waals surface area (Å²) in [6, 6.07) is 7.62. The number of nitrogens with one attached hydrogen (secondary N) is 2. The van der Waals surface area contributed by atoms with E-state index in [2.05, 4.69) is 17.2 Å². The zero-order chi connectivity index (χ0) is 16.4. The van der Waals surface area contributed by atoms with E-state index in [0.29, 0.717) is 26.0 Å². The van der Waals surface area contributed by atoms with Crippen molar-refractivity contribution in [2.75, 3.05) is 13.2 Å². The third-order valence-corrected chi connectivity index (χ3v) is 3.13. The first-order valence-corrected chi connectivity index (χ1v) is 7.49. The monoisotopic (exact) mass is 304 g/mol. The molecule has 120 valence electrons. The molecule has 0 saturated heterocycles. The number of hydrogen-bond acceptors (Lipinski definition) is 3. The molecule has 0 radical (unpaired) electrons. The number of amides is 2. The third-order valence-electron chi connectivity index (χ3n) is 3.13. The molecule has 0 heterocycles. The van der Waals surface area contributed by atoms with Crippen molar-refractivity contribution in [1.29, 1.82) is 0 Å².